The van der Waals surface area contributed by atoms with Crippen LogP contribution < -0.4 is 15.2 Å². The quantitative estimate of drug-likeness (QED) is 0.649. The predicted molar refractivity (Wildman–Crippen MR) is 75.1 cm³/mol. The van der Waals surface area contributed by atoms with Crippen molar-refractivity contribution in [3.05, 3.63) is 53.8 Å². The van der Waals surface area contributed by atoms with E-state index >= 15 is 0 Å². The Kier molecular flexibility index (Phi) is 4.20. The van der Waals surface area contributed by atoms with Crippen molar-refractivity contribution >= 4 is 5.84 Å². The second-order valence-corrected chi connectivity index (χ2v) is 4.06. The first-order valence-electron chi connectivity index (χ1n) is 6.15. The Morgan fingerprint density at radius 1 is 1.20 bits per heavy atom. The van der Waals surface area contributed by atoms with Gasteiger partial charge in [-0.2, -0.15) is 0 Å². The van der Waals surface area contributed by atoms with Crippen molar-refractivity contribution in [2.24, 2.45) is 5.73 Å². The minimum atomic E-state index is -0.467. The van der Waals surface area contributed by atoms with Gasteiger partial charge in [-0.05, 0) is 37.3 Å². The van der Waals surface area contributed by atoms with Gasteiger partial charge in [0.05, 0.1) is 12.2 Å². The van der Waals surface area contributed by atoms with Crippen LogP contribution in [0.2, 0.25) is 0 Å². The topological polar surface area (TPSA) is 68.3 Å². The lowest BCUT2D eigenvalue weighted by Crippen LogP contribution is -2.12. The zero-order chi connectivity index (χ0) is 14.5. The largest absolute Gasteiger partial charge is 0.494 e. The number of ether oxygens (including phenoxy) is 2. The summed E-state index contributed by atoms with van der Waals surface area (Å²) in [6.45, 7) is 2.44. The minimum Gasteiger partial charge on any atom is -0.494 e. The van der Waals surface area contributed by atoms with Gasteiger partial charge >= 0.3 is 0 Å². The van der Waals surface area contributed by atoms with Crippen molar-refractivity contribution in [3.63, 3.8) is 0 Å². The summed E-state index contributed by atoms with van der Waals surface area (Å²) in [4.78, 5) is 0. The molecule has 0 aliphatic rings. The summed E-state index contributed by atoms with van der Waals surface area (Å²) in [7, 11) is 0. The van der Waals surface area contributed by atoms with Crippen molar-refractivity contribution in [1.82, 2.24) is 0 Å². The highest BCUT2D eigenvalue weighted by molar-refractivity contribution is 5.97. The van der Waals surface area contributed by atoms with Crippen LogP contribution in [0.15, 0.2) is 42.5 Å². The highest BCUT2D eigenvalue weighted by Gasteiger charge is 2.09. The van der Waals surface area contributed by atoms with E-state index in [4.69, 9.17) is 20.6 Å². The van der Waals surface area contributed by atoms with Gasteiger partial charge in [0.1, 0.15) is 28.9 Å². The molecule has 0 fully saturated rings. The van der Waals surface area contributed by atoms with Gasteiger partial charge in [0.25, 0.3) is 0 Å². The molecule has 5 heteroatoms. The molecule has 0 spiro atoms. The summed E-state index contributed by atoms with van der Waals surface area (Å²) in [6, 6.07) is 10.9. The zero-order valence-corrected chi connectivity index (χ0v) is 11.0. The Balaban J connectivity index is 2.30. The maximum atomic E-state index is 13.2. The molecule has 2 rings (SSSR count). The summed E-state index contributed by atoms with van der Waals surface area (Å²) in [5.74, 6) is 0.820. The van der Waals surface area contributed by atoms with E-state index in [1.807, 2.05) is 13.0 Å². The van der Waals surface area contributed by atoms with Gasteiger partial charge in [0, 0.05) is 6.07 Å². The highest BCUT2D eigenvalue weighted by Crippen LogP contribution is 2.28. The van der Waals surface area contributed by atoms with Crippen molar-refractivity contribution in [2.45, 2.75) is 6.92 Å². The molecule has 2 aromatic rings. The number of nitrogens with two attached hydrogens (primary N) is 1. The van der Waals surface area contributed by atoms with E-state index in [2.05, 4.69) is 0 Å². The molecule has 0 bridgehead atoms. The fourth-order valence-electron chi connectivity index (χ4n) is 1.72. The Morgan fingerprint density at radius 2 is 1.95 bits per heavy atom. The average molecular weight is 274 g/mol. The molecule has 0 heterocycles. The Bertz CT molecular complexity index is 629. The number of hydrogen-bond acceptors (Lipinski definition) is 3. The van der Waals surface area contributed by atoms with Crippen LogP contribution in [0.1, 0.15) is 12.5 Å². The normalized spacial score (nSPS) is 10.1. The number of hydrogen-bond donors (Lipinski definition) is 2. The standard InChI is InChI=1S/C15H15FN2O2/c1-2-19-11-4-3-5-12(9-11)20-14-7-6-10(16)8-13(14)15(17)18/h3-9H,2H2,1H3,(H3,17,18). The molecular weight excluding hydrogens is 259 g/mol. The van der Waals surface area contributed by atoms with Gasteiger partial charge in [-0.25, -0.2) is 4.39 Å². The lowest BCUT2D eigenvalue weighted by atomic mass is 10.2. The molecule has 104 valence electrons. The SMILES string of the molecule is CCOc1cccc(Oc2ccc(F)cc2C(=N)N)c1. The van der Waals surface area contributed by atoms with Crippen LogP contribution in [0.3, 0.4) is 0 Å². The molecule has 0 aliphatic heterocycles. The molecule has 0 radical (unpaired) electrons. The molecular formula is C15H15FN2O2. The van der Waals surface area contributed by atoms with Gasteiger partial charge in [-0.1, -0.05) is 6.07 Å². The van der Waals surface area contributed by atoms with Gasteiger partial charge in [-0.3, -0.25) is 5.41 Å². The maximum Gasteiger partial charge on any atom is 0.138 e. The van der Waals surface area contributed by atoms with Gasteiger partial charge in [-0.15, -0.1) is 0 Å². The first kappa shape index (κ1) is 13.9. The van der Waals surface area contributed by atoms with Crippen LogP contribution in [0, 0.1) is 11.2 Å². The van der Waals surface area contributed by atoms with Crippen LogP contribution in [0.4, 0.5) is 4.39 Å². The summed E-state index contributed by atoms with van der Waals surface area (Å²) >= 11 is 0. The number of rotatable bonds is 5. The minimum absolute atomic E-state index is 0.215. The summed E-state index contributed by atoms with van der Waals surface area (Å²) in [5, 5.41) is 7.45. The van der Waals surface area contributed by atoms with Crippen LogP contribution in [-0.2, 0) is 0 Å². The molecule has 0 atom stereocenters. The van der Waals surface area contributed by atoms with Crippen LogP contribution >= 0.6 is 0 Å². The van der Waals surface area contributed by atoms with Gasteiger partial charge < -0.3 is 15.2 Å². The first-order chi connectivity index (χ1) is 9.60. The Hall–Kier alpha value is -2.56. The number of amidine groups is 1. The van der Waals surface area contributed by atoms with Crippen LogP contribution in [0.25, 0.3) is 0 Å². The smallest absolute Gasteiger partial charge is 0.138 e. The molecule has 0 amide bonds. The fourth-order valence-corrected chi connectivity index (χ4v) is 1.72. The van der Waals surface area contributed by atoms with Crippen LogP contribution in [0.5, 0.6) is 17.2 Å². The summed E-state index contributed by atoms with van der Waals surface area (Å²) in [5.41, 5.74) is 5.64. The van der Waals surface area contributed by atoms with E-state index in [9.17, 15) is 4.39 Å². The van der Waals surface area contributed by atoms with E-state index in [1.54, 1.807) is 18.2 Å². The second kappa shape index (κ2) is 6.06. The Morgan fingerprint density at radius 3 is 2.65 bits per heavy atom. The second-order valence-electron chi connectivity index (χ2n) is 4.06. The highest BCUT2D eigenvalue weighted by atomic mass is 19.1. The van der Waals surface area contributed by atoms with E-state index in [-0.39, 0.29) is 11.4 Å². The molecule has 20 heavy (non-hydrogen) atoms. The molecule has 2 aromatic carbocycles. The Labute approximate surface area is 116 Å². The van der Waals surface area contributed by atoms with Gasteiger partial charge in [0.2, 0.25) is 0 Å². The molecule has 4 nitrogen and oxygen atoms in total. The molecule has 0 unspecified atom stereocenters. The van der Waals surface area contributed by atoms with Crippen molar-refractivity contribution in [2.75, 3.05) is 6.61 Å². The monoisotopic (exact) mass is 274 g/mol. The van der Waals surface area contributed by atoms with Crippen LogP contribution in [-0.4, -0.2) is 12.4 Å². The molecule has 3 N–H and O–H groups in total. The molecule has 0 saturated carbocycles. The first-order valence-corrected chi connectivity index (χ1v) is 6.15. The zero-order valence-electron chi connectivity index (χ0n) is 11.0. The predicted octanol–water partition coefficient (Wildman–Crippen LogP) is 3.30. The summed E-state index contributed by atoms with van der Waals surface area (Å²) in [6.07, 6.45) is 0. The molecule has 0 aromatic heterocycles. The third-order valence-corrected chi connectivity index (χ3v) is 2.58. The lowest BCUT2D eigenvalue weighted by Gasteiger charge is -2.11. The van der Waals surface area contributed by atoms with Crippen molar-refractivity contribution < 1.29 is 13.9 Å². The van der Waals surface area contributed by atoms with E-state index in [1.165, 1.54) is 18.2 Å². The third-order valence-electron chi connectivity index (χ3n) is 2.58. The number of nitrogen functional groups attached to an aromatic ring is 1. The molecule has 0 aliphatic carbocycles. The molecule has 0 saturated heterocycles. The number of halogens is 1. The fraction of sp³-hybridized carbons (Fsp3) is 0.133. The van der Waals surface area contributed by atoms with Gasteiger partial charge in [0.15, 0.2) is 0 Å². The maximum absolute atomic E-state index is 13.2. The van der Waals surface area contributed by atoms with E-state index < -0.39 is 5.82 Å². The van der Waals surface area contributed by atoms with E-state index in [0.717, 1.165) is 0 Å². The van der Waals surface area contributed by atoms with Crippen molar-refractivity contribution in [3.8, 4) is 17.2 Å². The summed E-state index contributed by atoms with van der Waals surface area (Å²) < 4.78 is 24.2. The number of benzene rings is 2. The number of nitrogens with one attached hydrogen (secondary N) is 1. The average Bonchev–Trinajstić information content (AvgIpc) is 2.41. The van der Waals surface area contributed by atoms with E-state index in [0.29, 0.717) is 23.9 Å². The lowest BCUT2D eigenvalue weighted by molar-refractivity contribution is 0.338. The van der Waals surface area contributed by atoms with Crippen molar-refractivity contribution in [1.29, 1.82) is 5.41 Å². The third kappa shape index (κ3) is 3.26.